The van der Waals surface area contributed by atoms with Crippen LogP contribution >= 0.6 is 11.6 Å². The number of Topliss-reactive ketones (excluding diaryl/α,β-unsaturated/α-hetero) is 1. The summed E-state index contributed by atoms with van der Waals surface area (Å²) in [6, 6.07) is 10.6. The lowest BCUT2D eigenvalue weighted by Gasteiger charge is -2.31. The van der Waals surface area contributed by atoms with Gasteiger partial charge in [-0.05, 0) is 74.3 Å². The van der Waals surface area contributed by atoms with Crippen LogP contribution in [0.15, 0.2) is 45.6 Å². The fourth-order valence-electron chi connectivity index (χ4n) is 4.51. The summed E-state index contributed by atoms with van der Waals surface area (Å²) in [5, 5.41) is 1.51. The predicted molar refractivity (Wildman–Crippen MR) is 122 cm³/mol. The van der Waals surface area contributed by atoms with Gasteiger partial charge in [-0.15, -0.1) is 0 Å². The maximum Gasteiger partial charge on any atom is 0.336 e. The summed E-state index contributed by atoms with van der Waals surface area (Å²) in [4.78, 5) is 27.4. The van der Waals surface area contributed by atoms with Gasteiger partial charge in [0.2, 0.25) is 0 Å². The molecule has 0 spiro atoms. The fraction of sp³-hybridized carbons (Fsp3) is 0.360. The first-order chi connectivity index (χ1) is 15.5. The van der Waals surface area contributed by atoms with Gasteiger partial charge < -0.3 is 13.9 Å². The van der Waals surface area contributed by atoms with Crippen LogP contribution in [0.4, 0.5) is 0 Å². The van der Waals surface area contributed by atoms with Crippen LogP contribution in [0, 0.1) is 12.8 Å². The highest BCUT2D eigenvalue weighted by molar-refractivity contribution is 6.32. The van der Waals surface area contributed by atoms with Crippen LogP contribution < -0.4 is 15.1 Å². The van der Waals surface area contributed by atoms with E-state index >= 15 is 0 Å². The molecule has 2 aliphatic rings. The summed E-state index contributed by atoms with van der Waals surface area (Å²) in [7, 11) is 0. The van der Waals surface area contributed by atoms with Crippen molar-refractivity contribution in [2.75, 3.05) is 26.3 Å². The Morgan fingerprint density at radius 2 is 1.81 bits per heavy atom. The summed E-state index contributed by atoms with van der Waals surface area (Å²) in [6.07, 6.45) is 1.54. The third-order valence-corrected chi connectivity index (χ3v) is 6.70. The monoisotopic (exact) mass is 453 g/mol. The minimum atomic E-state index is -0.363. The smallest absolute Gasteiger partial charge is 0.336 e. The topological polar surface area (TPSA) is 69.0 Å². The summed E-state index contributed by atoms with van der Waals surface area (Å²) < 4.78 is 16.5. The van der Waals surface area contributed by atoms with Gasteiger partial charge in [-0.25, -0.2) is 4.79 Å². The van der Waals surface area contributed by atoms with Crippen molar-refractivity contribution in [1.82, 2.24) is 4.90 Å². The Kier molecular flexibility index (Phi) is 5.66. The second-order valence-corrected chi connectivity index (χ2v) is 8.87. The molecule has 3 heterocycles. The Hall–Kier alpha value is -2.83. The molecule has 2 aromatic carbocycles. The average molecular weight is 454 g/mol. The molecule has 0 saturated carbocycles. The highest BCUT2D eigenvalue weighted by Gasteiger charge is 2.27. The Balaban J connectivity index is 1.28. The van der Waals surface area contributed by atoms with E-state index in [9.17, 15) is 9.59 Å². The van der Waals surface area contributed by atoms with E-state index in [0.29, 0.717) is 47.4 Å². The molecule has 1 saturated heterocycles. The van der Waals surface area contributed by atoms with E-state index in [1.807, 2.05) is 25.1 Å². The standard InChI is InChI=1S/C25H24ClNO5/c1-15-10-22-19(13-20(15)26)18(12-24(28)32-22)14-27-6-4-16(5-7-27)25(29)17-2-3-21-23(11-17)31-9-8-30-21/h2-3,10-13,16H,4-9,14H2,1H3. The molecular formula is C25H24ClNO5. The van der Waals surface area contributed by atoms with E-state index in [4.69, 9.17) is 25.5 Å². The molecule has 0 N–H and O–H groups in total. The van der Waals surface area contributed by atoms with Gasteiger partial charge in [0.15, 0.2) is 17.3 Å². The van der Waals surface area contributed by atoms with Crippen molar-refractivity contribution in [3.05, 3.63) is 68.5 Å². The van der Waals surface area contributed by atoms with E-state index in [1.54, 1.807) is 18.2 Å². The van der Waals surface area contributed by atoms with Crippen molar-refractivity contribution in [1.29, 1.82) is 0 Å². The number of ether oxygens (including phenoxy) is 2. The molecule has 0 unspecified atom stereocenters. The summed E-state index contributed by atoms with van der Waals surface area (Å²) >= 11 is 6.31. The fourth-order valence-corrected chi connectivity index (χ4v) is 4.67. The lowest BCUT2D eigenvalue weighted by atomic mass is 9.88. The van der Waals surface area contributed by atoms with E-state index in [2.05, 4.69) is 4.90 Å². The van der Waals surface area contributed by atoms with Crippen molar-refractivity contribution in [3.63, 3.8) is 0 Å². The van der Waals surface area contributed by atoms with Crippen LogP contribution in [0.2, 0.25) is 5.02 Å². The molecular weight excluding hydrogens is 430 g/mol. The molecule has 0 bridgehead atoms. The first-order valence-corrected chi connectivity index (χ1v) is 11.2. The zero-order valence-corrected chi connectivity index (χ0v) is 18.6. The highest BCUT2D eigenvalue weighted by Crippen LogP contribution is 2.33. The van der Waals surface area contributed by atoms with Gasteiger partial charge in [0.05, 0.1) is 0 Å². The number of hydrogen-bond acceptors (Lipinski definition) is 6. The highest BCUT2D eigenvalue weighted by atomic mass is 35.5. The second kappa shape index (κ2) is 8.60. The number of carbonyl (C=O) groups excluding carboxylic acids is 1. The van der Waals surface area contributed by atoms with Gasteiger partial charge in [-0.3, -0.25) is 9.69 Å². The summed E-state index contributed by atoms with van der Waals surface area (Å²) in [5.74, 6) is 1.46. The van der Waals surface area contributed by atoms with Crippen LogP contribution in [0.5, 0.6) is 11.5 Å². The van der Waals surface area contributed by atoms with Crippen molar-refractivity contribution in [2.24, 2.45) is 5.92 Å². The average Bonchev–Trinajstić information content (AvgIpc) is 2.80. The number of halogens is 1. The first-order valence-electron chi connectivity index (χ1n) is 10.9. The maximum absolute atomic E-state index is 13.1. The maximum atomic E-state index is 13.1. The number of nitrogens with zero attached hydrogens (tertiary/aromatic N) is 1. The molecule has 166 valence electrons. The van der Waals surface area contributed by atoms with E-state index < -0.39 is 0 Å². The molecule has 1 fully saturated rings. The number of hydrogen-bond donors (Lipinski definition) is 0. The number of carbonyl (C=O) groups is 1. The number of likely N-dealkylation sites (tertiary alicyclic amines) is 1. The number of piperidine rings is 1. The summed E-state index contributed by atoms with van der Waals surface area (Å²) in [6.45, 7) is 5.10. The van der Waals surface area contributed by atoms with E-state index in [-0.39, 0.29) is 17.3 Å². The molecule has 32 heavy (non-hydrogen) atoms. The zero-order chi connectivity index (χ0) is 22.2. The van der Waals surface area contributed by atoms with Gasteiger partial charge in [0, 0.05) is 34.5 Å². The number of aryl methyl sites for hydroxylation is 1. The molecule has 7 heteroatoms. The first kappa shape index (κ1) is 21.0. The normalized spacial score (nSPS) is 16.9. The third-order valence-electron chi connectivity index (χ3n) is 6.29. The van der Waals surface area contributed by atoms with Crippen molar-refractivity contribution >= 4 is 28.4 Å². The quantitative estimate of drug-likeness (QED) is 0.424. The zero-order valence-electron chi connectivity index (χ0n) is 17.9. The molecule has 5 rings (SSSR count). The molecule has 1 aromatic heterocycles. The van der Waals surface area contributed by atoms with Crippen LogP contribution in [0.1, 0.15) is 34.3 Å². The van der Waals surface area contributed by atoms with E-state index in [0.717, 1.165) is 42.4 Å². The Labute approximate surface area is 190 Å². The second-order valence-electron chi connectivity index (χ2n) is 8.46. The number of benzene rings is 2. The van der Waals surface area contributed by atoms with E-state index in [1.165, 1.54) is 0 Å². The Bertz CT molecular complexity index is 1240. The number of rotatable bonds is 4. The van der Waals surface area contributed by atoms with Gasteiger partial charge in [-0.2, -0.15) is 0 Å². The van der Waals surface area contributed by atoms with Gasteiger partial charge in [0.25, 0.3) is 0 Å². The lowest BCUT2D eigenvalue weighted by Crippen LogP contribution is -2.36. The Morgan fingerprint density at radius 3 is 2.59 bits per heavy atom. The Morgan fingerprint density at radius 1 is 1.06 bits per heavy atom. The van der Waals surface area contributed by atoms with Crippen LogP contribution in [0.25, 0.3) is 11.0 Å². The number of ketones is 1. The predicted octanol–water partition coefficient (Wildman–Crippen LogP) is 4.62. The van der Waals surface area contributed by atoms with Crippen LogP contribution in [-0.4, -0.2) is 37.0 Å². The van der Waals surface area contributed by atoms with Gasteiger partial charge >= 0.3 is 5.63 Å². The molecule has 0 aliphatic carbocycles. The minimum Gasteiger partial charge on any atom is -0.486 e. The molecule has 0 radical (unpaired) electrons. The lowest BCUT2D eigenvalue weighted by molar-refractivity contribution is 0.0834. The minimum absolute atomic E-state index is 0.0245. The van der Waals surface area contributed by atoms with Crippen LogP contribution in [0.3, 0.4) is 0 Å². The third kappa shape index (κ3) is 4.12. The largest absolute Gasteiger partial charge is 0.486 e. The SMILES string of the molecule is Cc1cc2oc(=O)cc(CN3CCC(C(=O)c4ccc5c(c4)OCCO5)CC3)c2cc1Cl. The summed E-state index contributed by atoms with van der Waals surface area (Å²) in [5.41, 5.74) is 2.63. The molecule has 2 aliphatic heterocycles. The molecule has 0 amide bonds. The van der Waals surface area contributed by atoms with Crippen molar-refractivity contribution in [3.8, 4) is 11.5 Å². The van der Waals surface area contributed by atoms with Crippen LogP contribution in [-0.2, 0) is 6.54 Å². The molecule has 3 aromatic rings. The van der Waals surface area contributed by atoms with Gasteiger partial charge in [0.1, 0.15) is 18.8 Å². The van der Waals surface area contributed by atoms with Crippen molar-refractivity contribution < 1.29 is 18.7 Å². The molecule has 6 nitrogen and oxygen atoms in total. The van der Waals surface area contributed by atoms with Crippen molar-refractivity contribution in [2.45, 2.75) is 26.3 Å². The van der Waals surface area contributed by atoms with Gasteiger partial charge in [-0.1, -0.05) is 11.6 Å². The molecule has 0 atom stereocenters. The number of fused-ring (bicyclic) bond motifs is 2.